The highest BCUT2D eigenvalue weighted by Gasteiger charge is 2.70. The van der Waals surface area contributed by atoms with Gasteiger partial charge in [-0.2, -0.15) is 0 Å². The number of hydrogen-bond donors (Lipinski definition) is 0. The highest BCUT2D eigenvalue weighted by Crippen LogP contribution is 2.68. The molecule has 0 aromatic heterocycles. The minimum Gasteiger partial charge on any atom is -0.366 e. The van der Waals surface area contributed by atoms with Gasteiger partial charge in [0.2, 0.25) is 0 Å². The molecule has 1 spiro atoms. The normalized spacial score (nSPS) is 62.2. The Hall–Kier alpha value is -0.300. The summed E-state index contributed by atoms with van der Waals surface area (Å²) < 4.78 is 5.61. The van der Waals surface area contributed by atoms with Crippen molar-refractivity contribution < 1.29 is 4.74 Å². The molecule has 2 bridgehead atoms. The summed E-state index contributed by atoms with van der Waals surface area (Å²) in [5, 5.41) is 0. The first-order chi connectivity index (χ1) is 4.79. The van der Waals surface area contributed by atoms with Gasteiger partial charge in [0.25, 0.3) is 0 Å². The van der Waals surface area contributed by atoms with Gasteiger partial charge in [-0.25, -0.2) is 0 Å². The van der Waals surface area contributed by atoms with Crippen LogP contribution in [-0.2, 0) is 4.74 Å². The molecule has 2 saturated carbocycles. The van der Waals surface area contributed by atoms with Crippen LogP contribution < -0.4 is 0 Å². The lowest BCUT2D eigenvalue weighted by Crippen LogP contribution is -2.12. The standard InChI is InChI=1S/C9H12O/c1-2-8-3-4-9(6-8)7(5-8)10-9/h2,7H,1,3-6H2. The van der Waals surface area contributed by atoms with Gasteiger partial charge in [0.1, 0.15) is 0 Å². The number of hydrogen-bond acceptors (Lipinski definition) is 1. The van der Waals surface area contributed by atoms with Gasteiger partial charge in [0, 0.05) is 0 Å². The zero-order valence-corrected chi connectivity index (χ0v) is 6.10. The first-order valence-electron chi connectivity index (χ1n) is 4.10. The lowest BCUT2D eigenvalue weighted by molar-refractivity contribution is 0.229. The van der Waals surface area contributed by atoms with Crippen molar-refractivity contribution in [2.75, 3.05) is 0 Å². The molecular formula is C9H12O. The van der Waals surface area contributed by atoms with Gasteiger partial charge >= 0.3 is 0 Å². The van der Waals surface area contributed by atoms with Crippen LogP contribution in [0.3, 0.4) is 0 Å². The zero-order chi connectivity index (χ0) is 6.82. The van der Waals surface area contributed by atoms with Crippen molar-refractivity contribution in [3.05, 3.63) is 12.7 Å². The van der Waals surface area contributed by atoms with E-state index in [-0.39, 0.29) is 0 Å². The fourth-order valence-corrected chi connectivity index (χ4v) is 2.89. The number of fused-ring (bicyclic) bond motifs is 1. The van der Waals surface area contributed by atoms with Crippen LogP contribution in [0, 0.1) is 5.41 Å². The lowest BCUT2D eigenvalue weighted by Gasteiger charge is -2.20. The second kappa shape index (κ2) is 1.20. The Kier molecular flexibility index (Phi) is 0.646. The summed E-state index contributed by atoms with van der Waals surface area (Å²) in [5.74, 6) is 0. The van der Waals surface area contributed by atoms with Crippen molar-refractivity contribution in [1.29, 1.82) is 0 Å². The van der Waals surface area contributed by atoms with Crippen molar-refractivity contribution in [3.8, 4) is 0 Å². The first kappa shape index (κ1) is 5.36. The maximum absolute atomic E-state index is 5.61. The second-order valence-corrected chi connectivity index (χ2v) is 4.12. The topological polar surface area (TPSA) is 12.5 Å². The first-order valence-corrected chi connectivity index (χ1v) is 4.10. The van der Waals surface area contributed by atoms with Crippen LogP contribution in [0.2, 0.25) is 0 Å². The van der Waals surface area contributed by atoms with Crippen LogP contribution in [0.25, 0.3) is 0 Å². The SMILES string of the molecule is C=CC12CCC3(C1)OC3C2. The highest BCUT2D eigenvalue weighted by atomic mass is 16.6. The molecule has 0 N–H and O–H groups in total. The van der Waals surface area contributed by atoms with Crippen LogP contribution in [0.15, 0.2) is 12.7 Å². The molecule has 3 aliphatic rings. The largest absolute Gasteiger partial charge is 0.366 e. The number of ether oxygens (including phenoxy) is 1. The number of rotatable bonds is 1. The monoisotopic (exact) mass is 136 g/mol. The van der Waals surface area contributed by atoms with Gasteiger partial charge in [-0.1, -0.05) is 6.08 Å². The molecule has 1 heteroatoms. The average Bonchev–Trinajstić information content (AvgIpc) is 2.37. The lowest BCUT2D eigenvalue weighted by atomic mass is 9.84. The summed E-state index contributed by atoms with van der Waals surface area (Å²) in [6, 6.07) is 0. The molecule has 0 aromatic rings. The fraction of sp³-hybridized carbons (Fsp3) is 0.778. The summed E-state index contributed by atoms with van der Waals surface area (Å²) in [7, 11) is 0. The number of allylic oxidation sites excluding steroid dienone is 1. The molecule has 1 aliphatic heterocycles. The Balaban J connectivity index is 2.02. The molecular weight excluding hydrogens is 124 g/mol. The van der Waals surface area contributed by atoms with Crippen LogP contribution >= 0.6 is 0 Å². The van der Waals surface area contributed by atoms with Gasteiger partial charge in [-0.3, -0.25) is 0 Å². The van der Waals surface area contributed by atoms with Crippen LogP contribution in [0.4, 0.5) is 0 Å². The minimum atomic E-state index is 0.369. The molecule has 1 nitrogen and oxygen atoms in total. The van der Waals surface area contributed by atoms with Crippen LogP contribution in [-0.4, -0.2) is 11.7 Å². The zero-order valence-electron chi connectivity index (χ0n) is 6.10. The van der Waals surface area contributed by atoms with E-state index in [4.69, 9.17) is 4.74 Å². The van der Waals surface area contributed by atoms with Crippen molar-refractivity contribution in [2.24, 2.45) is 5.41 Å². The maximum atomic E-state index is 5.61. The van der Waals surface area contributed by atoms with Crippen LogP contribution in [0.1, 0.15) is 25.7 Å². The van der Waals surface area contributed by atoms with Crippen LogP contribution in [0.5, 0.6) is 0 Å². The Labute approximate surface area is 61.1 Å². The van der Waals surface area contributed by atoms with Gasteiger partial charge in [0.15, 0.2) is 0 Å². The molecule has 1 saturated heterocycles. The molecule has 1 heterocycles. The molecule has 3 unspecified atom stereocenters. The predicted octanol–water partition coefficient (Wildman–Crippen LogP) is 1.88. The summed E-state index contributed by atoms with van der Waals surface area (Å²) in [6.45, 7) is 3.91. The van der Waals surface area contributed by atoms with E-state index in [2.05, 4.69) is 12.7 Å². The van der Waals surface area contributed by atoms with E-state index < -0.39 is 0 Å². The predicted molar refractivity (Wildman–Crippen MR) is 38.7 cm³/mol. The Morgan fingerprint density at radius 2 is 2.40 bits per heavy atom. The minimum absolute atomic E-state index is 0.369. The quantitative estimate of drug-likeness (QED) is 0.396. The van der Waals surface area contributed by atoms with Crippen molar-refractivity contribution in [3.63, 3.8) is 0 Å². The summed E-state index contributed by atoms with van der Waals surface area (Å²) >= 11 is 0. The van der Waals surface area contributed by atoms with E-state index in [0.717, 1.165) is 0 Å². The Bertz CT molecular complexity index is 211. The molecule has 3 rings (SSSR count). The molecule has 3 atom stereocenters. The third-order valence-corrected chi connectivity index (χ3v) is 3.63. The van der Waals surface area contributed by atoms with E-state index in [9.17, 15) is 0 Å². The smallest absolute Gasteiger partial charge is 0.0957 e. The molecule has 0 radical (unpaired) electrons. The van der Waals surface area contributed by atoms with E-state index in [0.29, 0.717) is 17.1 Å². The maximum Gasteiger partial charge on any atom is 0.0957 e. The molecule has 54 valence electrons. The molecule has 0 amide bonds. The summed E-state index contributed by atoms with van der Waals surface area (Å²) in [5.41, 5.74) is 0.872. The van der Waals surface area contributed by atoms with E-state index >= 15 is 0 Å². The summed E-state index contributed by atoms with van der Waals surface area (Å²) in [6.07, 6.45) is 7.94. The van der Waals surface area contributed by atoms with Gasteiger partial charge < -0.3 is 4.74 Å². The van der Waals surface area contributed by atoms with E-state index in [1.165, 1.54) is 25.7 Å². The molecule has 10 heavy (non-hydrogen) atoms. The fourth-order valence-electron chi connectivity index (χ4n) is 2.89. The Morgan fingerprint density at radius 3 is 2.80 bits per heavy atom. The van der Waals surface area contributed by atoms with Crippen molar-refractivity contribution in [1.82, 2.24) is 0 Å². The van der Waals surface area contributed by atoms with Crippen molar-refractivity contribution >= 4 is 0 Å². The molecule has 0 aromatic carbocycles. The van der Waals surface area contributed by atoms with E-state index in [1.54, 1.807) is 0 Å². The second-order valence-electron chi connectivity index (χ2n) is 4.12. The summed E-state index contributed by atoms with van der Waals surface area (Å²) in [4.78, 5) is 0. The third-order valence-electron chi connectivity index (χ3n) is 3.63. The van der Waals surface area contributed by atoms with Gasteiger partial charge in [-0.05, 0) is 31.1 Å². The van der Waals surface area contributed by atoms with Gasteiger partial charge in [-0.15, -0.1) is 6.58 Å². The average molecular weight is 136 g/mol. The van der Waals surface area contributed by atoms with Gasteiger partial charge in [0.05, 0.1) is 11.7 Å². The Morgan fingerprint density at radius 1 is 1.50 bits per heavy atom. The highest BCUT2D eigenvalue weighted by molar-refractivity contribution is 5.24. The molecule has 2 aliphatic carbocycles. The van der Waals surface area contributed by atoms with Crippen molar-refractivity contribution in [2.45, 2.75) is 37.4 Å². The number of epoxide rings is 1. The molecule has 3 fully saturated rings. The van der Waals surface area contributed by atoms with E-state index in [1.807, 2.05) is 0 Å². The third kappa shape index (κ3) is 0.392.